The average Bonchev–Trinajstić information content (AvgIpc) is 3.13. The zero-order chi connectivity index (χ0) is 20.3. The van der Waals surface area contributed by atoms with Crippen molar-refractivity contribution in [2.45, 2.75) is 12.5 Å². The molecule has 4 rings (SSSR count). The van der Waals surface area contributed by atoms with Gasteiger partial charge in [-0.1, -0.05) is 42.5 Å². The lowest BCUT2D eigenvalue weighted by Crippen LogP contribution is -3.18. The monoisotopic (exact) mass is 415 g/mol. The van der Waals surface area contributed by atoms with Gasteiger partial charge in [-0.2, -0.15) is 0 Å². The fraction of sp³-hybridized carbons (Fsp3) is 0.409. The van der Waals surface area contributed by atoms with Gasteiger partial charge in [0, 0.05) is 6.42 Å². The van der Waals surface area contributed by atoms with Crippen LogP contribution in [0.3, 0.4) is 0 Å². The van der Waals surface area contributed by atoms with Crippen LogP contribution in [-0.2, 0) is 14.6 Å². The van der Waals surface area contributed by atoms with Crippen molar-refractivity contribution in [1.29, 1.82) is 0 Å². The van der Waals surface area contributed by atoms with Crippen LogP contribution in [0, 0.1) is 0 Å². The molecule has 154 valence electrons. The Bertz CT molecular complexity index is 937. The summed E-state index contributed by atoms with van der Waals surface area (Å²) in [4.78, 5) is 15.6. The lowest BCUT2D eigenvalue weighted by Gasteiger charge is -2.34. The number of rotatable bonds is 5. The largest absolute Gasteiger partial charge is 0.484 e. The number of benzene rings is 2. The summed E-state index contributed by atoms with van der Waals surface area (Å²) in [5, 5.41) is 0. The molecule has 0 unspecified atom stereocenters. The van der Waals surface area contributed by atoms with Gasteiger partial charge in [-0.25, -0.2) is 8.42 Å². The van der Waals surface area contributed by atoms with Crippen molar-refractivity contribution in [2.75, 3.05) is 44.3 Å². The quantitative estimate of drug-likeness (QED) is 0.779. The zero-order valence-electron chi connectivity index (χ0n) is 16.4. The number of sulfone groups is 1. The SMILES string of the molecule is O=C(COc1ccc(-c2ccccc2)cc1)N1CC[NH+]([C@@H]2CCS(=O)(=O)C2)CC1. The van der Waals surface area contributed by atoms with E-state index in [-0.39, 0.29) is 18.6 Å². The number of carbonyl (C=O) groups excluding carboxylic acids is 1. The first kappa shape index (κ1) is 19.9. The van der Waals surface area contributed by atoms with Crippen LogP contribution in [0.15, 0.2) is 54.6 Å². The van der Waals surface area contributed by atoms with Gasteiger partial charge in [0.2, 0.25) is 0 Å². The van der Waals surface area contributed by atoms with Gasteiger partial charge < -0.3 is 14.5 Å². The van der Waals surface area contributed by atoms with Crippen LogP contribution in [0.4, 0.5) is 0 Å². The van der Waals surface area contributed by atoms with Crippen molar-refractivity contribution in [3.8, 4) is 16.9 Å². The van der Waals surface area contributed by atoms with Gasteiger partial charge in [0.05, 0.1) is 31.9 Å². The maximum absolute atomic E-state index is 12.5. The third-order valence-corrected chi connectivity index (χ3v) is 7.66. The van der Waals surface area contributed by atoms with E-state index in [0.717, 1.165) is 30.6 Å². The Balaban J connectivity index is 1.24. The Morgan fingerprint density at radius 3 is 2.28 bits per heavy atom. The van der Waals surface area contributed by atoms with Crippen LogP contribution in [-0.4, -0.2) is 69.6 Å². The number of nitrogens with one attached hydrogen (secondary N) is 1. The maximum Gasteiger partial charge on any atom is 0.260 e. The first-order valence-electron chi connectivity index (χ1n) is 10.1. The van der Waals surface area contributed by atoms with E-state index >= 15 is 0 Å². The number of hydrogen-bond donors (Lipinski definition) is 1. The summed E-state index contributed by atoms with van der Waals surface area (Å²) in [6, 6.07) is 18.1. The molecule has 2 aliphatic heterocycles. The van der Waals surface area contributed by atoms with E-state index in [1.807, 2.05) is 47.4 Å². The van der Waals surface area contributed by atoms with Crippen molar-refractivity contribution in [2.24, 2.45) is 0 Å². The molecule has 0 aliphatic carbocycles. The third-order valence-electron chi connectivity index (χ3n) is 5.89. The molecule has 0 bridgehead atoms. The van der Waals surface area contributed by atoms with Gasteiger partial charge in [0.15, 0.2) is 16.4 Å². The van der Waals surface area contributed by atoms with E-state index in [9.17, 15) is 13.2 Å². The van der Waals surface area contributed by atoms with Crippen molar-refractivity contribution in [3.05, 3.63) is 54.6 Å². The van der Waals surface area contributed by atoms with Gasteiger partial charge >= 0.3 is 0 Å². The van der Waals surface area contributed by atoms with Gasteiger partial charge in [-0.3, -0.25) is 4.79 Å². The van der Waals surface area contributed by atoms with E-state index in [0.29, 0.717) is 30.3 Å². The minimum atomic E-state index is -2.86. The van der Waals surface area contributed by atoms with Crippen LogP contribution in [0.1, 0.15) is 6.42 Å². The molecular weight excluding hydrogens is 388 g/mol. The molecule has 2 aromatic rings. The van der Waals surface area contributed by atoms with Gasteiger partial charge in [0.25, 0.3) is 5.91 Å². The maximum atomic E-state index is 12.5. The second kappa shape index (κ2) is 8.55. The molecule has 0 aromatic heterocycles. The summed E-state index contributed by atoms with van der Waals surface area (Å²) in [7, 11) is -2.86. The summed E-state index contributed by atoms with van der Waals surface area (Å²) in [6.45, 7) is 2.94. The minimum absolute atomic E-state index is 0.0183. The normalized spacial score (nSPS) is 21.8. The highest BCUT2D eigenvalue weighted by Gasteiger charge is 2.37. The van der Waals surface area contributed by atoms with Gasteiger partial charge in [-0.05, 0) is 23.3 Å². The molecule has 6 nitrogen and oxygen atoms in total. The van der Waals surface area contributed by atoms with Crippen molar-refractivity contribution in [1.82, 2.24) is 4.90 Å². The average molecular weight is 416 g/mol. The number of ether oxygens (including phenoxy) is 1. The number of hydrogen-bond acceptors (Lipinski definition) is 4. The predicted octanol–water partition coefficient (Wildman–Crippen LogP) is 0.647. The number of piperazine rings is 1. The Labute approximate surface area is 172 Å². The topological polar surface area (TPSA) is 68.1 Å². The summed E-state index contributed by atoms with van der Waals surface area (Å²) in [6.07, 6.45) is 0.744. The number of nitrogens with zero attached hydrogens (tertiary/aromatic N) is 1. The Hall–Kier alpha value is -2.38. The molecule has 1 N–H and O–H groups in total. The summed E-state index contributed by atoms with van der Waals surface area (Å²) >= 11 is 0. The second-order valence-electron chi connectivity index (χ2n) is 7.82. The van der Waals surface area contributed by atoms with Crippen LogP contribution in [0.25, 0.3) is 11.1 Å². The standard InChI is InChI=1S/C22H26N2O4S/c25-22(24-13-11-23(12-14-24)20-10-15-29(26,27)17-20)16-28-21-8-6-19(7-9-21)18-4-2-1-3-5-18/h1-9,20H,10-17H2/p+1/t20-/m1/s1. The molecule has 2 fully saturated rings. The highest BCUT2D eigenvalue weighted by Crippen LogP contribution is 2.22. The van der Waals surface area contributed by atoms with Gasteiger partial charge in [-0.15, -0.1) is 0 Å². The highest BCUT2D eigenvalue weighted by molar-refractivity contribution is 7.91. The summed E-state index contributed by atoms with van der Waals surface area (Å²) in [5.74, 6) is 1.26. The Morgan fingerprint density at radius 1 is 1.00 bits per heavy atom. The first-order chi connectivity index (χ1) is 14.0. The fourth-order valence-corrected chi connectivity index (χ4v) is 6.00. The van der Waals surface area contributed by atoms with Crippen LogP contribution in [0.2, 0.25) is 0 Å². The molecule has 2 saturated heterocycles. The van der Waals surface area contributed by atoms with Crippen LogP contribution >= 0.6 is 0 Å². The number of carbonyl (C=O) groups is 1. The highest BCUT2D eigenvalue weighted by atomic mass is 32.2. The van der Waals surface area contributed by atoms with Crippen LogP contribution in [0.5, 0.6) is 5.75 Å². The molecule has 7 heteroatoms. The zero-order valence-corrected chi connectivity index (χ0v) is 17.2. The Kier molecular flexibility index (Phi) is 5.87. The molecule has 0 saturated carbocycles. The van der Waals surface area contributed by atoms with Crippen molar-refractivity contribution >= 4 is 15.7 Å². The van der Waals surface area contributed by atoms with Gasteiger partial charge in [0.1, 0.15) is 17.5 Å². The third kappa shape index (κ3) is 4.97. The van der Waals surface area contributed by atoms with E-state index in [2.05, 4.69) is 12.1 Å². The molecule has 2 heterocycles. The molecular formula is C22H27N2O4S+. The van der Waals surface area contributed by atoms with Crippen molar-refractivity contribution < 1.29 is 22.8 Å². The van der Waals surface area contributed by atoms with E-state index in [1.54, 1.807) is 0 Å². The van der Waals surface area contributed by atoms with E-state index in [4.69, 9.17) is 4.74 Å². The summed E-state index contributed by atoms with van der Waals surface area (Å²) < 4.78 is 29.1. The van der Waals surface area contributed by atoms with E-state index in [1.165, 1.54) is 4.90 Å². The Morgan fingerprint density at radius 2 is 1.66 bits per heavy atom. The molecule has 1 atom stereocenters. The molecule has 2 aliphatic rings. The molecule has 0 radical (unpaired) electrons. The number of amides is 1. The minimum Gasteiger partial charge on any atom is -0.484 e. The molecule has 0 spiro atoms. The molecule has 1 amide bonds. The smallest absolute Gasteiger partial charge is 0.260 e. The van der Waals surface area contributed by atoms with Crippen LogP contribution < -0.4 is 9.64 Å². The lowest BCUT2D eigenvalue weighted by atomic mass is 10.1. The second-order valence-corrected chi connectivity index (χ2v) is 10.0. The molecule has 29 heavy (non-hydrogen) atoms. The summed E-state index contributed by atoms with van der Waals surface area (Å²) in [5.41, 5.74) is 2.25. The van der Waals surface area contributed by atoms with Crippen molar-refractivity contribution in [3.63, 3.8) is 0 Å². The lowest BCUT2D eigenvalue weighted by molar-refractivity contribution is -0.925. The fourth-order valence-electron chi connectivity index (χ4n) is 4.18. The number of quaternary nitrogens is 1. The van der Waals surface area contributed by atoms with E-state index < -0.39 is 9.84 Å². The predicted molar refractivity (Wildman–Crippen MR) is 112 cm³/mol. The molecule has 2 aromatic carbocycles. The first-order valence-corrected chi connectivity index (χ1v) is 11.9.